The summed E-state index contributed by atoms with van der Waals surface area (Å²) < 4.78 is 2.05. The largest absolute Gasteiger partial charge is 0.330 e. The summed E-state index contributed by atoms with van der Waals surface area (Å²) in [5.74, 6) is 0.235. The van der Waals surface area contributed by atoms with Crippen molar-refractivity contribution in [3.05, 3.63) is 30.1 Å². The fourth-order valence-corrected chi connectivity index (χ4v) is 1.88. The fourth-order valence-electron chi connectivity index (χ4n) is 1.88. The number of carbonyl (C=O) groups excluding carboxylic acids is 1. The van der Waals surface area contributed by atoms with Gasteiger partial charge in [0.05, 0.1) is 17.4 Å². The van der Waals surface area contributed by atoms with Gasteiger partial charge in [0.15, 0.2) is 5.78 Å². The van der Waals surface area contributed by atoms with Crippen LogP contribution < -0.4 is 0 Å². The van der Waals surface area contributed by atoms with Gasteiger partial charge in [0, 0.05) is 18.5 Å². The van der Waals surface area contributed by atoms with Gasteiger partial charge in [-0.1, -0.05) is 6.07 Å². The standard InChI is InChI=1S/C10H8N2O/c13-9-4-5-12-6-11-8-3-1-2-7(9)10(8)12/h1-3,6H,4-5H2. The number of rotatable bonds is 0. The van der Waals surface area contributed by atoms with Crippen LogP contribution in [-0.2, 0) is 6.54 Å². The third-order valence-electron chi connectivity index (χ3n) is 2.52. The van der Waals surface area contributed by atoms with Crippen molar-refractivity contribution >= 4 is 16.8 Å². The molecular formula is C10H8N2O. The third-order valence-corrected chi connectivity index (χ3v) is 2.52. The Bertz CT molecular complexity index is 499. The Kier molecular flexibility index (Phi) is 1.15. The molecule has 3 nitrogen and oxygen atoms in total. The summed E-state index contributed by atoms with van der Waals surface area (Å²) in [4.78, 5) is 15.8. The fraction of sp³-hybridized carbons (Fsp3) is 0.200. The maximum absolute atomic E-state index is 11.5. The number of aromatic nitrogens is 2. The van der Waals surface area contributed by atoms with Crippen molar-refractivity contribution in [2.75, 3.05) is 0 Å². The van der Waals surface area contributed by atoms with E-state index in [9.17, 15) is 4.79 Å². The Morgan fingerprint density at radius 1 is 1.38 bits per heavy atom. The van der Waals surface area contributed by atoms with E-state index in [-0.39, 0.29) is 5.78 Å². The second kappa shape index (κ2) is 2.19. The minimum Gasteiger partial charge on any atom is -0.330 e. The van der Waals surface area contributed by atoms with Crippen LogP contribution in [0.25, 0.3) is 11.0 Å². The van der Waals surface area contributed by atoms with E-state index in [1.54, 1.807) is 6.33 Å². The summed E-state index contributed by atoms with van der Waals surface area (Å²) in [5, 5.41) is 0. The smallest absolute Gasteiger partial charge is 0.166 e. The average molecular weight is 172 g/mol. The van der Waals surface area contributed by atoms with Crippen LogP contribution >= 0.6 is 0 Å². The normalized spacial score (nSPS) is 15.2. The van der Waals surface area contributed by atoms with Crippen molar-refractivity contribution < 1.29 is 4.79 Å². The van der Waals surface area contributed by atoms with E-state index in [0.29, 0.717) is 6.42 Å². The number of imidazole rings is 1. The first-order valence-corrected chi connectivity index (χ1v) is 4.33. The molecule has 2 heterocycles. The van der Waals surface area contributed by atoms with Gasteiger partial charge in [-0.2, -0.15) is 0 Å². The molecule has 3 heteroatoms. The molecule has 13 heavy (non-hydrogen) atoms. The monoisotopic (exact) mass is 172 g/mol. The van der Waals surface area contributed by atoms with Crippen LogP contribution in [0, 0.1) is 0 Å². The predicted molar refractivity (Wildman–Crippen MR) is 48.7 cm³/mol. The maximum Gasteiger partial charge on any atom is 0.166 e. The van der Waals surface area contributed by atoms with Crippen LogP contribution in [0.5, 0.6) is 0 Å². The van der Waals surface area contributed by atoms with Crippen LogP contribution in [-0.4, -0.2) is 15.3 Å². The Morgan fingerprint density at radius 3 is 3.23 bits per heavy atom. The highest BCUT2D eigenvalue weighted by Crippen LogP contribution is 2.23. The van der Waals surface area contributed by atoms with Crippen molar-refractivity contribution in [3.8, 4) is 0 Å². The van der Waals surface area contributed by atoms with Gasteiger partial charge in [-0.25, -0.2) is 4.98 Å². The first-order valence-electron chi connectivity index (χ1n) is 4.33. The highest BCUT2D eigenvalue weighted by atomic mass is 16.1. The molecule has 0 fully saturated rings. The quantitative estimate of drug-likeness (QED) is 0.605. The highest BCUT2D eigenvalue weighted by molar-refractivity contribution is 6.07. The molecule has 0 saturated heterocycles. The second-order valence-corrected chi connectivity index (χ2v) is 3.28. The van der Waals surface area contributed by atoms with Gasteiger partial charge in [0.1, 0.15) is 0 Å². The van der Waals surface area contributed by atoms with E-state index in [1.807, 2.05) is 22.8 Å². The lowest BCUT2D eigenvalue weighted by atomic mass is 10.0. The van der Waals surface area contributed by atoms with Crippen molar-refractivity contribution in [1.29, 1.82) is 0 Å². The second-order valence-electron chi connectivity index (χ2n) is 3.28. The number of ketones is 1. The summed E-state index contributed by atoms with van der Waals surface area (Å²) in [6.07, 6.45) is 2.41. The number of hydrogen-bond donors (Lipinski definition) is 0. The van der Waals surface area contributed by atoms with Crippen molar-refractivity contribution in [1.82, 2.24) is 9.55 Å². The summed E-state index contributed by atoms with van der Waals surface area (Å²) in [6, 6.07) is 5.70. The number of aryl methyl sites for hydroxylation is 1. The Labute approximate surface area is 75.0 Å². The molecule has 0 amide bonds. The molecule has 0 saturated carbocycles. The Balaban J connectivity index is 2.52. The lowest BCUT2D eigenvalue weighted by Crippen LogP contribution is -2.13. The van der Waals surface area contributed by atoms with Gasteiger partial charge in [-0.3, -0.25) is 4.79 Å². The molecule has 0 unspecified atom stereocenters. The van der Waals surface area contributed by atoms with Crippen LogP contribution in [0.4, 0.5) is 0 Å². The molecule has 0 atom stereocenters. The molecule has 1 aliphatic rings. The minimum absolute atomic E-state index is 0.235. The van der Waals surface area contributed by atoms with Crippen molar-refractivity contribution in [2.45, 2.75) is 13.0 Å². The van der Waals surface area contributed by atoms with E-state index >= 15 is 0 Å². The predicted octanol–water partition coefficient (Wildman–Crippen LogP) is 1.62. The molecule has 0 aliphatic carbocycles. The van der Waals surface area contributed by atoms with Gasteiger partial charge >= 0.3 is 0 Å². The molecule has 1 aromatic carbocycles. The topological polar surface area (TPSA) is 34.9 Å². The SMILES string of the molecule is O=C1CCn2cnc3cccc1c32. The summed E-state index contributed by atoms with van der Waals surface area (Å²) in [6.45, 7) is 0.770. The number of benzene rings is 1. The Morgan fingerprint density at radius 2 is 2.31 bits per heavy atom. The van der Waals surface area contributed by atoms with E-state index in [1.165, 1.54) is 0 Å². The lowest BCUT2D eigenvalue weighted by molar-refractivity contribution is 0.0973. The van der Waals surface area contributed by atoms with Crippen LogP contribution in [0.1, 0.15) is 16.8 Å². The number of carbonyl (C=O) groups is 1. The molecule has 3 rings (SSSR count). The Hall–Kier alpha value is -1.64. The average Bonchev–Trinajstić information content (AvgIpc) is 2.57. The lowest BCUT2D eigenvalue weighted by Gasteiger charge is -2.12. The molecule has 1 aromatic heterocycles. The third kappa shape index (κ3) is 0.786. The van der Waals surface area contributed by atoms with E-state index in [2.05, 4.69) is 4.98 Å². The highest BCUT2D eigenvalue weighted by Gasteiger charge is 2.18. The molecule has 0 radical (unpaired) electrons. The van der Waals surface area contributed by atoms with Crippen LogP contribution in [0.15, 0.2) is 24.5 Å². The molecular weight excluding hydrogens is 164 g/mol. The van der Waals surface area contributed by atoms with Gasteiger partial charge in [-0.05, 0) is 12.1 Å². The van der Waals surface area contributed by atoms with E-state index in [0.717, 1.165) is 23.1 Å². The molecule has 2 aromatic rings. The number of hydrogen-bond acceptors (Lipinski definition) is 2. The zero-order valence-corrected chi connectivity index (χ0v) is 7.03. The zero-order valence-electron chi connectivity index (χ0n) is 7.03. The zero-order chi connectivity index (χ0) is 8.84. The van der Waals surface area contributed by atoms with E-state index < -0.39 is 0 Å². The minimum atomic E-state index is 0.235. The van der Waals surface area contributed by atoms with Crippen LogP contribution in [0.2, 0.25) is 0 Å². The number of para-hydroxylation sites is 1. The molecule has 1 aliphatic heterocycles. The van der Waals surface area contributed by atoms with Gasteiger partial charge in [0.2, 0.25) is 0 Å². The molecule has 0 spiro atoms. The molecule has 0 bridgehead atoms. The summed E-state index contributed by atoms with van der Waals surface area (Å²) in [7, 11) is 0. The van der Waals surface area contributed by atoms with Gasteiger partial charge < -0.3 is 4.57 Å². The van der Waals surface area contributed by atoms with Crippen molar-refractivity contribution in [3.63, 3.8) is 0 Å². The summed E-state index contributed by atoms with van der Waals surface area (Å²) >= 11 is 0. The first kappa shape index (κ1) is 6.83. The van der Waals surface area contributed by atoms with Gasteiger partial charge in [0.25, 0.3) is 0 Å². The number of Topliss-reactive ketones (excluding diaryl/α,β-unsaturated/α-hetero) is 1. The van der Waals surface area contributed by atoms with Gasteiger partial charge in [-0.15, -0.1) is 0 Å². The number of nitrogens with zero attached hydrogens (tertiary/aromatic N) is 2. The van der Waals surface area contributed by atoms with E-state index in [4.69, 9.17) is 0 Å². The molecule has 64 valence electrons. The first-order chi connectivity index (χ1) is 6.36. The van der Waals surface area contributed by atoms with Crippen molar-refractivity contribution in [2.24, 2.45) is 0 Å². The summed E-state index contributed by atoms with van der Waals surface area (Å²) in [5.41, 5.74) is 2.74. The molecule has 0 N–H and O–H groups in total. The maximum atomic E-state index is 11.5. The van der Waals surface area contributed by atoms with Crippen LogP contribution in [0.3, 0.4) is 0 Å².